The van der Waals surface area contributed by atoms with E-state index in [-0.39, 0.29) is 17.5 Å². The summed E-state index contributed by atoms with van der Waals surface area (Å²) in [7, 11) is 0. The fourth-order valence-corrected chi connectivity index (χ4v) is 3.49. The molecule has 1 aliphatic carbocycles. The van der Waals surface area contributed by atoms with Crippen molar-refractivity contribution in [2.45, 2.75) is 31.5 Å². The van der Waals surface area contributed by atoms with E-state index in [1.165, 1.54) is 6.20 Å². The number of rotatable bonds is 4. The molecule has 30 heavy (non-hydrogen) atoms. The maximum absolute atomic E-state index is 13.3. The van der Waals surface area contributed by atoms with Crippen LogP contribution in [0.15, 0.2) is 66.6 Å². The lowest BCUT2D eigenvalue weighted by Crippen LogP contribution is -2.29. The Kier molecular flexibility index (Phi) is 5.39. The van der Waals surface area contributed by atoms with Gasteiger partial charge in [0.2, 0.25) is 0 Å². The van der Waals surface area contributed by atoms with E-state index in [2.05, 4.69) is 20.6 Å². The topological polar surface area (TPSA) is 66.9 Å². The van der Waals surface area contributed by atoms with Gasteiger partial charge in [0.05, 0.1) is 11.1 Å². The number of para-hydroxylation sites is 1. The predicted octanol–water partition coefficient (Wildman–Crippen LogP) is 4.93. The van der Waals surface area contributed by atoms with Crippen molar-refractivity contribution in [3.8, 4) is 0 Å². The molecule has 1 amide bonds. The van der Waals surface area contributed by atoms with E-state index in [9.17, 15) is 18.0 Å². The van der Waals surface area contributed by atoms with E-state index in [0.29, 0.717) is 23.1 Å². The predicted molar refractivity (Wildman–Crippen MR) is 108 cm³/mol. The zero-order valence-corrected chi connectivity index (χ0v) is 15.9. The van der Waals surface area contributed by atoms with E-state index >= 15 is 0 Å². The monoisotopic (exact) mass is 412 g/mol. The number of nitrogens with one attached hydrogen (secondary N) is 2. The third kappa shape index (κ3) is 4.42. The molecule has 0 radical (unpaired) electrons. The first-order valence-electron chi connectivity index (χ1n) is 9.56. The molecule has 0 saturated heterocycles. The molecule has 0 fully saturated rings. The van der Waals surface area contributed by atoms with Crippen LogP contribution in [0.25, 0.3) is 10.9 Å². The van der Waals surface area contributed by atoms with Crippen molar-refractivity contribution in [1.82, 2.24) is 15.3 Å². The fraction of sp³-hybridized carbons (Fsp3) is 0.227. The van der Waals surface area contributed by atoms with Crippen molar-refractivity contribution >= 4 is 22.5 Å². The summed E-state index contributed by atoms with van der Waals surface area (Å²) in [6, 6.07) is 10.9. The maximum atomic E-state index is 13.3. The Bertz CT molecular complexity index is 1100. The third-order valence-corrected chi connectivity index (χ3v) is 4.91. The third-order valence-electron chi connectivity index (χ3n) is 4.91. The molecular formula is C22H19F3N4O. The molecule has 1 aromatic carbocycles. The highest BCUT2D eigenvalue weighted by Gasteiger charge is 2.33. The highest BCUT2D eigenvalue weighted by molar-refractivity contribution is 5.95. The number of anilines is 1. The molecule has 5 nitrogen and oxygen atoms in total. The van der Waals surface area contributed by atoms with Crippen molar-refractivity contribution in [3.05, 3.63) is 77.9 Å². The zero-order chi connectivity index (χ0) is 21.1. The van der Waals surface area contributed by atoms with Gasteiger partial charge >= 0.3 is 6.18 Å². The van der Waals surface area contributed by atoms with Gasteiger partial charge in [-0.25, -0.2) is 4.98 Å². The minimum absolute atomic E-state index is 0.213. The maximum Gasteiger partial charge on any atom is 0.433 e. The number of hydrogen-bond acceptors (Lipinski definition) is 4. The van der Waals surface area contributed by atoms with E-state index in [1.54, 1.807) is 42.6 Å². The molecule has 1 atom stereocenters. The van der Waals surface area contributed by atoms with E-state index in [1.807, 2.05) is 6.08 Å². The summed E-state index contributed by atoms with van der Waals surface area (Å²) in [4.78, 5) is 20.0. The van der Waals surface area contributed by atoms with Gasteiger partial charge in [-0.15, -0.1) is 0 Å². The molecular weight excluding hydrogens is 393 g/mol. The van der Waals surface area contributed by atoms with Gasteiger partial charge in [-0.3, -0.25) is 9.78 Å². The summed E-state index contributed by atoms with van der Waals surface area (Å²) in [5.41, 5.74) is 0.896. The first-order valence-corrected chi connectivity index (χ1v) is 9.56. The lowest BCUT2D eigenvalue weighted by Gasteiger charge is -2.24. The highest BCUT2D eigenvalue weighted by Crippen LogP contribution is 2.34. The van der Waals surface area contributed by atoms with Crippen LogP contribution in [0.4, 0.5) is 18.9 Å². The van der Waals surface area contributed by atoms with Crippen molar-refractivity contribution < 1.29 is 18.0 Å². The van der Waals surface area contributed by atoms with Crippen LogP contribution >= 0.6 is 0 Å². The minimum Gasteiger partial charge on any atom is -0.378 e. The Morgan fingerprint density at radius 3 is 2.73 bits per heavy atom. The molecule has 1 aliphatic rings. The summed E-state index contributed by atoms with van der Waals surface area (Å²) in [6.45, 7) is 0. The average Bonchev–Trinajstić information content (AvgIpc) is 2.74. The van der Waals surface area contributed by atoms with Gasteiger partial charge in [-0.2, -0.15) is 13.2 Å². The lowest BCUT2D eigenvalue weighted by atomic mass is 9.99. The number of hydrogen-bond donors (Lipinski definition) is 2. The molecule has 0 aliphatic heterocycles. The number of nitrogens with zero attached hydrogens (tertiary/aromatic N) is 2. The van der Waals surface area contributed by atoms with Crippen LogP contribution < -0.4 is 10.6 Å². The molecule has 154 valence electrons. The van der Waals surface area contributed by atoms with Crippen LogP contribution in [-0.4, -0.2) is 21.9 Å². The summed E-state index contributed by atoms with van der Waals surface area (Å²) in [5, 5.41) is 6.69. The van der Waals surface area contributed by atoms with Gasteiger partial charge < -0.3 is 10.6 Å². The summed E-state index contributed by atoms with van der Waals surface area (Å²) >= 11 is 0. The number of alkyl halides is 3. The zero-order valence-electron chi connectivity index (χ0n) is 15.9. The number of halogens is 3. The van der Waals surface area contributed by atoms with Gasteiger partial charge in [0.1, 0.15) is 5.69 Å². The second-order valence-electron chi connectivity index (χ2n) is 7.10. The average molecular weight is 412 g/mol. The van der Waals surface area contributed by atoms with Crippen LogP contribution in [-0.2, 0) is 6.18 Å². The number of aromatic nitrogens is 2. The second-order valence-corrected chi connectivity index (χ2v) is 7.10. The molecule has 8 heteroatoms. The molecule has 2 aromatic heterocycles. The Labute approximate surface area is 171 Å². The first kappa shape index (κ1) is 19.9. The Hall–Kier alpha value is -3.42. The van der Waals surface area contributed by atoms with Crippen LogP contribution in [0.1, 0.15) is 35.3 Å². The van der Waals surface area contributed by atoms with Gasteiger partial charge in [-0.05, 0) is 49.6 Å². The van der Waals surface area contributed by atoms with Crippen LogP contribution in [0.2, 0.25) is 0 Å². The number of fused-ring (bicyclic) bond motifs is 1. The Morgan fingerprint density at radius 1 is 1.13 bits per heavy atom. The smallest absolute Gasteiger partial charge is 0.378 e. The first-order chi connectivity index (χ1) is 14.4. The Morgan fingerprint density at radius 2 is 1.97 bits per heavy atom. The standard InChI is InChI=1S/C22H19F3N4O/c23-22(24,25)20-12-19(17-8-1-2-9-18(17)29-20)27-15-6-3-7-16(11-15)28-21(30)14-5-4-10-26-13-14/h1-2,4-5,8-13,15H,3,6-7H2,(H,27,29)(H,28,30)/t15-/m0/s1. The molecule has 0 unspecified atom stereocenters. The van der Waals surface area contributed by atoms with E-state index in [0.717, 1.165) is 24.6 Å². The van der Waals surface area contributed by atoms with Gasteiger partial charge in [0, 0.05) is 35.2 Å². The van der Waals surface area contributed by atoms with Gasteiger partial charge in [-0.1, -0.05) is 18.2 Å². The van der Waals surface area contributed by atoms with E-state index < -0.39 is 11.9 Å². The van der Waals surface area contributed by atoms with Crippen LogP contribution in [0.3, 0.4) is 0 Å². The van der Waals surface area contributed by atoms with Crippen molar-refractivity contribution in [3.63, 3.8) is 0 Å². The van der Waals surface area contributed by atoms with Crippen LogP contribution in [0.5, 0.6) is 0 Å². The second kappa shape index (κ2) is 8.14. The number of allylic oxidation sites excluding steroid dienone is 1. The number of pyridine rings is 2. The molecule has 3 aromatic rings. The molecule has 2 heterocycles. The molecule has 2 N–H and O–H groups in total. The van der Waals surface area contributed by atoms with Crippen LogP contribution in [0, 0.1) is 0 Å². The number of carbonyl (C=O) groups excluding carboxylic acids is 1. The summed E-state index contributed by atoms with van der Waals surface area (Å²) in [6.07, 6.45) is 2.62. The highest BCUT2D eigenvalue weighted by atomic mass is 19.4. The quantitative estimate of drug-likeness (QED) is 0.638. The normalized spacial score (nSPS) is 16.8. The molecule has 4 rings (SSSR count). The largest absolute Gasteiger partial charge is 0.433 e. The van der Waals surface area contributed by atoms with Crippen molar-refractivity contribution in [2.24, 2.45) is 0 Å². The number of benzene rings is 1. The van der Waals surface area contributed by atoms with Crippen molar-refractivity contribution in [2.75, 3.05) is 5.32 Å². The minimum atomic E-state index is -4.54. The molecule has 0 saturated carbocycles. The molecule has 0 bridgehead atoms. The van der Waals surface area contributed by atoms with Gasteiger partial charge in [0.25, 0.3) is 5.91 Å². The van der Waals surface area contributed by atoms with E-state index in [4.69, 9.17) is 0 Å². The summed E-state index contributed by atoms with van der Waals surface area (Å²) < 4.78 is 39.9. The Balaban J connectivity index is 1.58. The SMILES string of the molecule is O=C(NC1=C[C@@H](Nc2cc(C(F)(F)F)nc3ccccc23)CCC1)c1cccnc1. The summed E-state index contributed by atoms with van der Waals surface area (Å²) in [5.74, 6) is -0.260. The molecule has 0 spiro atoms. The number of amides is 1. The number of carbonyl (C=O) groups is 1. The fourth-order valence-electron chi connectivity index (χ4n) is 3.49. The van der Waals surface area contributed by atoms with Gasteiger partial charge in [0.15, 0.2) is 0 Å². The van der Waals surface area contributed by atoms with Crippen molar-refractivity contribution in [1.29, 1.82) is 0 Å². The lowest BCUT2D eigenvalue weighted by molar-refractivity contribution is -0.140.